The van der Waals surface area contributed by atoms with Crippen LogP contribution in [-0.2, 0) is 35.7 Å². The molecule has 9 rings (SSSR count). The van der Waals surface area contributed by atoms with Gasteiger partial charge in [0.2, 0.25) is 5.95 Å². The summed E-state index contributed by atoms with van der Waals surface area (Å²) >= 11 is 0. The first kappa shape index (κ1) is 56.6. The number of nitrogen functional groups attached to an aromatic ring is 2. The summed E-state index contributed by atoms with van der Waals surface area (Å²) < 4.78 is 13.7. The minimum Gasteiger partial charge on any atom is -0.448 e. The van der Waals surface area contributed by atoms with E-state index in [9.17, 15) is 9.59 Å². The SMILES string of the molecule is C[C@@H](COC(=O)N1CCC(Nc2ccccc2N)CC1)N(Cc1ccccc1)Cc1ccccc1.C[C@@H](COC(=O)N1CCC(n2c(N)nc3ccccc32)CC1)N(Cc1ccccc1)Cc1ccccc1.S.S. The molecule has 3 heterocycles. The van der Waals surface area contributed by atoms with Crippen LogP contribution in [0.4, 0.5) is 26.9 Å². The molecule has 0 aliphatic carbocycles. The van der Waals surface area contributed by atoms with E-state index in [1.807, 2.05) is 76.5 Å². The lowest BCUT2D eigenvalue weighted by Crippen LogP contribution is -2.44. The standard InChI is InChI=1S/C30H35N5O2.C29H36N4O2.2H2S/c1-23(34(20-24-10-4-2-5-11-24)21-25-12-6-3-7-13-25)22-37-30(36)33-18-16-26(17-19-33)35-28-15-9-8-14-27(28)32-29(35)31;1-23(33(20-24-10-4-2-5-11-24)21-25-12-6-3-7-13-25)22-35-29(34)32-18-16-26(17-19-32)31-28-15-9-8-14-27(28)30;;/h2-15,23,26H,16-22H2,1H3,(H2,31,32);2-15,23,26,31H,16-22,30H2,1H3;2*1H2/t2*23-;;/m00../s1. The molecular weight excluding hydrogens is 963 g/mol. The number of nitrogens with two attached hydrogens (primary N) is 2. The maximum Gasteiger partial charge on any atom is 0.409 e. The first-order valence-corrected chi connectivity index (χ1v) is 25.5. The van der Waals surface area contributed by atoms with Gasteiger partial charge in [0.25, 0.3) is 0 Å². The van der Waals surface area contributed by atoms with Crippen LogP contribution in [0, 0.1) is 0 Å². The van der Waals surface area contributed by atoms with Crippen LogP contribution in [0.2, 0.25) is 0 Å². The molecule has 0 unspecified atom stereocenters. The van der Waals surface area contributed by atoms with Gasteiger partial charge in [0, 0.05) is 76.5 Å². The van der Waals surface area contributed by atoms with E-state index in [2.05, 4.69) is 142 Å². The third kappa shape index (κ3) is 16.2. The number of hydrogen-bond donors (Lipinski definition) is 3. The molecule has 0 bridgehead atoms. The van der Waals surface area contributed by atoms with Gasteiger partial charge in [-0.3, -0.25) is 9.80 Å². The smallest absolute Gasteiger partial charge is 0.409 e. The average Bonchev–Trinajstić information content (AvgIpc) is 3.76. The molecule has 74 heavy (non-hydrogen) atoms. The molecule has 2 atom stereocenters. The molecule has 0 radical (unpaired) electrons. The molecule has 2 fully saturated rings. The Kier molecular flexibility index (Phi) is 22.0. The zero-order chi connectivity index (χ0) is 50.1. The van der Waals surface area contributed by atoms with Crippen molar-refractivity contribution in [3.63, 3.8) is 0 Å². The van der Waals surface area contributed by atoms with Gasteiger partial charge < -0.3 is 40.6 Å². The number of nitrogens with zero attached hydrogens (tertiary/aromatic N) is 6. The zero-order valence-corrected chi connectivity index (χ0v) is 44.8. The molecular formula is C59H75N9O4S2. The summed E-state index contributed by atoms with van der Waals surface area (Å²) in [7, 11) is 0. The number of anilines is 3. The number of fused-ring (bicyclic) bond motifs is 1. The second-order valence-corrected chi connectivity index (χ2v) is 19.1. The summed E-state index contributed by atoms with van der Waals surface area (Å²) in [5.41, 5.74) is 20.9. The number of para-hydroxylation sites is 4. The molecule has 13 nitrogen and oxygen atoms in total. The summed E-state index contributed by atoms with van der Waals surface area (Å²) in [6, 6.07) is 58.2. The van der Waals surface area contributed by atoms with Crippen LogP contribution >= 0.6 is 27.0 Å². The monoisotopic (exact) mass is 1040 g/mol. The number of hydrogen-bond acceptors (Lipinski definition) is 10. The number of rotatable bonds is 17. The molecule has 6 aromatic carbocycles. The highest BCUT2D eigenvalue weighted by Crippen LogP contribution is 2.30. The molecule has 2 aliphatic rings. The van der Waals surface area contributed by atoms with E-state index in [1.165, 1.54) is 22.3 Å². The van der Waals surface area contributed by atoms with Crippen molar-refractivity contribution in [2.45, 2.75) is 89.9 Å². The molecule has 1 aromatic heterocycles. The number of nitrogens with one attached hydrogen (secondary N) is 1. The number of benzene rings is 6. The molecule has 2 amide bonds. The van der Waals surface area contributed by atoms with Crippen molar-refractivity contribution in [2.24, 2.45) is 0 Å². The lowest BCUT2D eigenvalue weighted by Gasteiger charge is -2.34. The molecule has 2 aliphatic heterocycles. The van der Waals surface area contributed by atoms with Crippen molar-refractivity contribution in [3.8, 4) is 0 Å². The lowest BCUT2D eigenvalue weighted by atomic mass is 10.0. The minimum absolute atomic E-state index is 0. The maximum absolute atomic E-state index is 13.0. The number of aromatic nitrogens is 2. The number of likely N-dealkylation sites (tertiary alicyclic amines) is 2. The van der Waals surface area contributed by atoms with Crippen LogP contribution in [0.5, 0.6) is 0 Å². The highest BCUT2D eigenvalue weighted by Gasteiger charge is 2.29. The summed E-state index contributed by atoms with van der Waals surface area (Å²) in [6.07, 6.45) is 2.91. The molecule has 2 saturated heterocycles. The number of ether oxygens (including phenoxy) is 2. The lowest BCUT2D eigenvalue weighted by molar-refractivity contribution is 0.0568. The van der Waals surface area contributed by atoms with E-state index >= 15 is 0 Å². The Bertz CT molecular complexity index is 2660. The van der Waals surface area contributed by atoms with Gasteiger partial charge in [-0.05, 0) is 86.1 Å². The Hall–Kier alpha value is -6.65. The van der Waals surface area contributed by atoms with Crippen molar-refractivity contribution >= 4 is 67.5 Å². The van der Waals surface area contributed by atoms with E-state index in [4.69, 9.17) is 20.9 Å². The van der Waals surface area contributed by atoms with E-state index in [0.29, 0.717) is 51.4 Å². The molecule has 5 N–H and O–H groups in total. The fourth-order valence-corrected chi connectivity index (χ4v) is 9.59. The Morgan fingerprint density at radius 2 is 0.932 bits per heavy atom. The fourth-order valence-electron chi connectivity index (χ4n) is 9.59. The van der Waals surface area contributed by atoms with E-state index in [1.54, 1.807) is 0 Å². The second-order valence-electron chi connectivity index (χ2n) is 19.1. The van der Waals surface area contributed by atoms with Crippen molar-refractivity contribution in [1.29, 1.82) is 0 Å². The Morgan fingerprint density at radius 1 is 0.554 bits per heavy atom. The molecule has 15 heteroatoms. The van der Waals surface area contributed by atoms with Gasteiger partial charge in [-0.25, -0.2) is 14.6 Å². The quantitative estimate of drug-likeness (QED) is 0.0753. The summed E-state index contributed by atoms with van der Waals surface area (Å²) in [5.74, 6) is 0.535. The third-order valence-electron chi connectivity index (χ3n) is 13.8. The minimum atomic E-state index is -0.242. The van der Waals surface area contributed by atoms with Gasteiger partial charge in [-0.15, -0.1) is 0 Å². The summed E-state index contributed by atoms with van der Waals surface area (Å²) in [4.78, 5) is 38.6. The first-order valence-electron chi connectivity index (χ1n) is 25.5. The molecule has 0 spiro atoms. The predicted molar refractivity (Wildman–Crippen MR) is 310 cm³/mol. The van der Waals surface area contributed by atoms with Crippen LogP contribution in [0.25, 0.3) is 11.0 Å². The van der Waals surface area contributed by atoms with Gasteiger partial charge in [0.05, 0.1) is 22.4 Å². The van der Waals surface area contributed by atoms with E-state index < -0.39 is 0 Å². The number of imidazole rings is 1. The topological polar surface area (TPSA) is 147 Å². The molecule has 7 aromatic rings. The molecule has 392 valence electrons. The van der Waals surface area contributed by atoms with Crippen LogP contribution < -0.4 is 16.8 Å². The van der Waals surface area contributed by atoms with Gasteiger partial charge in [0.15, 0.2) is 0 Å². The Morgan fingerprint density at radius 3 is 1.36 bits per heavy atom. The van der Waals surface area contributed by atoms with E-state index in [0.717, 1.165) is 74.3 Å². The second kappa shape index (κ2) is 28.7. The number of carbonyl (C=O) groups is 2. The maximum atomic E-state index is 13.0. The van der Waals surface area contributed by atoms with Gasteiger partial charge in [-0.2, -0.15) is 27.0 Å². The van der Waals surface area contributed by atoms with Crippen LogP contribution in [-0.4, -0.2) is 98.9 Å². The third-order valence-corrected chi connectivity index (χ3v) is 13.8. The largest absolute Gasteiger partial charge is 0.448 e. The molecule has 0 saturated carbocycles. The zero-order valence-electron chi connectivity index (χ0n) is 42.8. The van der Waals surface area contributed by atoms with Crippen LogP contribution in [0.15, 0.2) is 170 Å². The van der Waals surface area contributed by atoms with E-state index in [-0.39, 0.29) is 57.3 Å². The Balaban J connectivity index is 0.000000235. The number of piperidine rings is 2. The van der Waals surface area contributed by atoms with Crippen molar-refractivity contribution in [3.05, 3.63) is 192 Å². The van der Waals surface area contributed by atoms with Crippen molar-refractivity contribution < 1.29 is 19.1 Å². The van der Waals surface area contributed by atoms with Gasteiger partial charge >= 0.3 is 12.2 Å². The van der Waals surface area contributed by atoms with Crippen molar-refractivity contribution in [2.75, 3.05) is 56.2 Å². The first-order chi connectivity index (χ1) is 35.2. The fraction of sp³-hybridized carbons (Fsp3) is 0.339. The summed E-state index contributed by atoms with van der Waals surface area (Å²) in [6.45, 7) is 10.8. The highest BCUT2D eigenvalue weighted by atomic mass is 32.1. The Labute approximate surface area is 451 Å². The normalized spacial score (nSPS) is 14.8. The summed E-state index contributed by atoms with van der Waals surface area (Å²) in [5, 5.41) is 3.51. The van der Waals surface area contributed by atoms with Gasteiger partial charge in [-0.1, -0.05) is 146 Å². The number of amides is 2. The predicted octanol–water partition coefficient (Wildman–Crippen LogP) is 11.1. The van der Waals surface area contributed by atoms with Crippen LogP contribution in [0.3, 0.4) is 0 Å². The average molecular weight is 1040 g/mol. The van der Waals surface area contributed by atoms with Gasteiger partial charge in [0.1, 0.15) is 13.2 Å². The van der Waals surface area contributed by atoms with Crippen molar-refractivity contribution in [1.82, 2.24) is 29.2 Å². The number of carbonyl (C=O) groups excluding carboxylic acids is 2. The highest BCUT2D eigenvalue weighted by molar-refractivity contribution is 7.59. The van der Waals surface area contributed by atoms with Crippen LogP contribution in [0.1, 0.15) is 67.8 Å².